The van der Waals surface area contributed by atoms with E-state index in [4.69, 9.17) is 16.6 Å². The molecule has 0 aliphatic heterocycles. The van der Waals surface area contributed by atoms with Crippen molar-refractivity contribution < 1.29 is 9.90 Å². The molecule has 0 atom stereocenters. The number of hydrogen-bond donors (Lipinski definition) is 3. The third-order valence-corrected chi connectivity index (χ3v) is 2.18. The SMILES string of the molecule is Cc1c(CCO)cc(N)cc1C(N)=O. The van der Waals surface area contributed by atoms with Gasteiger partial charge in [0.1, 0.15) is 0 Å². The normalized spacial score (nSPS) is 10.1. The molecule has 0 aromatic heterocycles. The second kappa shape index (κ2) is 4.11. The molecule has 5 N–H and O–H groups in total. The summed E-state index contributed by atoms with van der Waals surface area (Å²) >= 11 is 0. The van der Waals surface area contributed by atoms with Crippen LogP contribution in [0.5, 0.6) is 0 Å². The zero-order valence-corrected chi connectivity index (χ0v) is 8.08. The summed E-state index contributed by atoms with van der Waals surface area (Å²) in [4.78, 5) is 11.0. The first-order valence-electron chi connectivity index (χ1n) is 4.36. The average molecular weight is 194 g/mol. The maximum atomic E-state index is 11.0. The standard InChI is InChI=1S/C10H14N2O2/c1-6-7(2-3-13)4-8(11)5-9(6)10(12)14/h4-5,13H,2-3,11H2,1H3,(H2,12,14). The maximum Gasteiger partial charge on any atom is 0.249 e. The van der Waals surface area contributed by atoms with Crippen molar-refractivity contribution in [1.82, 2.24) is 0 Å². The summed E-state index contributed by atoms with van der Waals surface area (Å²) in [6, 6.07) is 3.30. The highest BCUT2D eigenvalue weighted by Crippen LogP contribution is 2.18. The summed E-state index contributed by atoms with van der Waals surface area (Å²) in [7, 11) is 0. The highest BCUT2D eigenvalue weighted by atomic mass is 16.2. The minimum Gasteiger partial charge on any atom is -0.399 e. The molecule has 1 rings (SSSR count). The Balaban J connectivity index is 3.24. The fourth-order valence-electron chi connectivity index (χ4n) is 1.44. The van der Waals surface area contributed by atoms with Crippen LogP contribution in [0.15, 0.2) is 12.1 Å². The van der Waals surface area contributed by atoms with E-state index < -0.39 is 5.91 Å². The molecule has 1 aromatic rings. The summed E-state index contributed by atoms with van der Waals surface area (Å²) < 4.78 is 0. The number of nitrogen functional groups attached to an aromatic ring is 1. The molecular formula is C10H14N2O2. The third kappa shape index (κ3) is 2.03. The van der Waals surface area contributed by atoms with Crippen molar-refractivity contribution in [3.05, 3.63) is 28.8 Å². The summed E-state index contributed by atoms with van der Waals surface area (Å²) in [6.45, 7) is 1.83. The van der Waals surface area contributed by atoms with Gasteiger partial charge in [0.15, 0.2) is 0 Å². The Morgan fingerprint density at radius 1 is 1.50 bits per heavy atom. The molecule has 4 heteroatoms. The Bertz CT molecular complexity index is 361. The number of benzene rings is 1. The average Bonchev–Trinajstić information content (AvgIpc) is 2.10. The number of hydrogen-bond acceptors (Lipinski definition) is 3. The monoisotopic (exact) mass is 194 g/mol. The molecule has 0 bridgehead atoms. The lowest BCUT2D eigenvalue weighted by Crippen LogP contribution is -2.14. The van der Waals surface area contributed by atoms with Gasteiger partial charge >= 0.3 is 0 Å². The predicted octanol–water partition coefficient (Wildman–Crippen LogP) is 0.211. The van der Waals surface area contributed by atoms with Crippen LogP contribution in [0.4, 0.5) is 5.69 Å². The molecule has 76 valence electrons. The van der Waals surface area contributed by atoms with Crippen LogP contribution in [-0.4, -0.2) is 17.6 Å². The van der Waals surface area contributed by atoms with Crippen LogP contribution in [0.3, 0.4) is 0 Å². The minimum absolute atomic E-state index is 0.0303. The third-order valence-electron chi connectivity index (χ3n) is 2.18. The van der Waals surface area contributed by atoms with E-state index in [1.54, 1.807) is 19.1 Å². The summed E-state index contributed by atoms with van der Waals surface area (Å²) in [5.41, 5.74) is 13.4. The lowest BCUT2D eigenvalue weighted by atomic mass is 9.99. The van der Waals surface area contributed by atoms with Gasteiger partial charge < -0.3 is 16.6 Å². The predicted molar refractivity (Wildman–Crippen MR) is 54.9 cm³/mol. The molecule has 0 aliphatic carbocycles. The van der Waals surface area contributed by atoms with Gasteiger partial charge in [-0.15, -0.1) is 0 Å². The number of rotatable bonds is 3. The number of primary amides is 1. The van der Waals surface area contributed by atoms with Crippen molar-refractivity contribution in [2.75, 3.05) is 12.3 Å². The van der Waals surface area contributed by atoms with Gasteiger partial charge in [-0.1, -0.05) is 0 Å². The second-order valence-corrected chi connectivity index (χ2v) is 3.19. The molecule has 0 heterocycles. The van der Waals surface area contributed by atoms with E-state index in [0.29, 0.717) is 17.7 Å². The van der Waals surface area contributed by atoms with Crippen LogP contribution in [0, 0.1) is 6.92 Å². The Labute approximate surface area is 82.5 Å². The maximum absolute atomic E-state index is 11.0. The van der Waals surface area contributed by atoms with Crippen molar-refractivity contribution in [2.45, 2.75) is 13.3 Å². The van der Waals surface area contributed by atoms with E-state index in [-0.39, 0.29) is 6.61 Å². The van der Waals surface area contributed by atoms with Crippen LogP contribution in [-0.2, 0) is 6.42 Å². The van der Waals surface area contributed by atoms with Gasteiger partial charge in [-0.05, 0) is 36.6 Å². The van der Waals surface area contributed by atoms with E-state index in [1.165, 1.54) is 0 Å². The molecule has 4 nitrogen and oxygen atoms in total. The largest absolute Gasteiger partial charge is 0.399 e. The van der Waals surface area contributed by atoms with Gasteiger partial charge in [0.25, 0.3) is 0 Å². The van der Waals surface area contributed by atoms with Crippen LogP contribution in [0.2, 0.25) is 0 Å². The quantitative estimate of drug-likeness (QED) is 0.601. The fraction of sp³-hybridized carbons (Fsp3) is 0.300. The van der Waals surface area contributed by atoms with Gasteiger partial charge in [-0.3, -0.25) is 4.79 Å². The molecule has 1 amide bonds. The van der Waals surface area contributed by atoms with Gasteiger partial charge in [0.05, 0.1) is 0 Å². The first-order chi connectivity index (χ1) is 6.56. The number of amides is 1. The molecule has 14 heavy (non-hydrogen) atoms. The van der Waals surface area contributed by atoms with Crippen LogP contribution >= 0.6 is 0 Å². The van der Waals surface area contributed by atoms with E-state index in [2.05, 4.69) is 0 Å². The number of carbonyl (C=O) groups excluding carboxylic acids is 1. The van der Waals surface area contributed by atoms with Crippen molar-refractivity contribution in [2.24, 2.45) is 5.73 Å². The zero-order valence-electron chi connectivity index (χ0n) is 8.08. The summed E-state index contributed by atoms with van der Waals surface area (Å²) in [5, 5.41) is 8.81. The molecule has 0 saturated carbocycles. The molecule has 0 saturated heterocycles. The summed E-state index contributed by atoms with van der Waals surface area (Å²) in [5.74, 6) is -0.492. The Hall–Kier alpha value is -1.55. The van der Waals surface area contributed by atoms with Crippen LogP contribution in [0.25, 0.3) is 0 Å². The molecule has 0 unspecified atom stereocenters. The van der Waals surface area contributed by atoms with E-state index in [1.807, 2.05) is 0 Å². The van der Waals surface area contributed by atoms with Crippen LogP contribution < -0.4 is 11.5 Å². The number of carbonyl (C=O) groups is 1. The molecular weight excluding hydrogens is 180 g/mol. The van der Waals surface area contributed by atoms with Crippen molar-refractivity contribution in [3.63, 3.8) is 0 Å². The lowest BCUT2D eigenvalue weighted by molar-refractivity contribution is 0.0999. The first-order valence-corrected chi connectivity index (χ1v) is 4.36. The molecule has 0 radical (unpaired) electrons. The molecule has 1 aromatic carbocycles. The molecule has 0 fully saturated rings. The number of aliphatic hydroxyl groups excluding tert-OH is 1. The van der Waals surface area contributed by atoms with Crippen molar-refractivity contribution in [1.29, 1.82) is 0 Å². The van der Waals surface area contributed by atoms with Gasteiger partial charge in [-0.2, -0.15) is 0 Å². The lowest BCUT2D eigenvalue weighted by Gasteiger charge is -2.09. The zero-order chi connectivity index (χ0) is 10.7. The Kier molecular flexibility index (Phi) is 3.09. The smallest absolute Gasteiger partial charge is 0.249 e. The Morgan fingerprint density at radius 2 is 2.14 bits per heavy atom. The number of aliphatic hydroxyl groups is 1. The van der Waals surface area contributed by atoms with Gasteiger partial charge in [-0.25, -0.2) is 0 Å². The Morgan fingerprint density at radius 3 is 2.64 bits per heavy atom. The minimum atomic E-state index is -0.492. The van der Waals surface area contributed by atoms with E-state index in [0.717, 1.165) is 11.1 Å². The van der Waals surface area contributed by atoms with Gasteiger partial charge in [0, 0.05) is 17.9 Å². The molecule has 0 spiro atoms. The molecule has 0 aliphatic rings. The second-order valence-electron chi connectivity index (χ2n) is 3.19. The highest BCUT2D eigenvalue weighted by molar-refractivity contribution is 5.95. The summed E-state index contributed by atoms with van der Waals surface area (Å²) in [6.07, 6.45) is 0.483. The van der Waals surface area contributed by atoms with Crippen molar-refractivity contribution in [3.8, 4) is 0 Å². The van der Waals surface area contributed by atoms with Gasteiger partial charge in [0.2, 0.25) is 5.91 Å². The van der Waals surface area contributed by atoms with E-state index in [9.17, 15) is 4.79 Å². The first kappa shape index (κ1) is 10.5. The fourth-order valence-corrected chi connectivity index (χ4v) is 1.44. The topological polar surface area (TPSA) is 89.3 Å². The number of nitrogens with two attached hydrogens (primary N) is 2. The van der Waals surface area contributed by atoms with E-state index >= 15 is 0 Å². The van der Waals surface area contributed by atoms with Crippen LogP contribution in [0.1, 0.15) is 21.5 Å². The number of anilines is 1. The van der Waals surface area contributed by atoms with Crippen molar-refractivity contribution >= 4 is 11.6 Å². The highest BCUT2D eigenvalue weighted by Gasteiger charge is 2.09.